The fourth-order valence-electron chi connectivity index (χ4n) is 3.16. The number of hydrogen-bond acceptors (Lipinski definition) is 4. The van der Waals surface area contributed by atoms with E-state index in [1.807, 2.05) is 48.5 Å². The van der Waals surface area contributed by atoms with Crippen molar-refractivity contribution in [2.45, 2.75) is 18.2 Å². The molecule has 3 aromatic carbocycles. The molecule has 3 aromatic rings. The molecule has 5 nitrogen and oxygen atoms in total. The molecule has 1 heterocycles. The number of nitrogens with zero attached hydrogens (tertiary/aromatic N) is 2. The number of rotatable bonds is 6. The normalized spacial score (nSPS) is 17.2. The van der Waals surface area contributed by atoms with Gasteiger partial charge in [0.1, 0.15) is 11.1 Å². The number of thioether (sulfide) groups is 1. The summed E-state index contributed by atoms with van der Waals surface area (Å²) in [4.78, 5) is 31.8. The van der Waals surface area contributed by atoms with Gasteiger partial charge in [-0.1, -0.05) is 60.3 Å². The van der Waals surface area contributed by atoms with Gasteiger partial charge in [-0.3, -0.25) is 14.5 Å². The largest absolute Gasteiger partial charge is 0.326 e. The Morgan fingerprint density at radius 3 is 2.29 bits per heavy atom. The molecule has 156 valence electrons. The lowest BCUT2D eigenvalue weighted by molar-refractivity contribution is -0.128. The van der Waals surface area contributed by atoms with Gasteiger partial charge in [-0.05, 0) is 42.0 Å². The molecule has 31 heavy (non-hydrogen) atoms. The number of amidine groups is 1. The summed E-state index contributed by atoms with van der Waals surface area (Å²) in [5.41, 5.74) is 2.19. The minimum Gasteiger partial charge on any atom is -0.326 e. The molecule has 0 aliphatic carbocycles. The molecular formula is C24H20FN3O2S. The zero-order valence-corrected chi connectivity index (χ0v) is 17.4. The second-order valence-corrected chi connectivity index (χ2v) is 8.18. The van der Waals surface area contributed by atoms with Gasteiger partial charge in [0.05, 0.1) is 12.2 Å². The lowest BCUT2D eigenvalue weighted by atomic mass is 10.2. The molecule has 0 saturated carbocycles. The number of benzene rings is 3. The number of carbonyl (C=O) groups excluding carboxylic acids is 2. The third kappa shape index (κ3) is 5.38. The van der Waals surface area contributed by atoms with E-state index in [1.54, 1.807) is 29.2 Å². The maximum absolute atomic E-state index is 13.2. The molecule has 1 fully saturated rings. The van der Waals surface area contributed by atoms with Gasteiger partial charge in [-0.25, -0.2) is 9.38 Å². The highest BCUT2D eigenvalue weighted by atomic mass is 32.2. The van der Waals surface area contributed by atoms with Crippen molar-refractivity contribution in [2.24, 2.45) is 4.99 Å². The first-order valence-corrected chi connectivity index (χ1v) is 10.7. The number of anilines is 1. The monoisotopic (exact) mass is 433 g/mol. The minimum absolute atomic E-state index is 0.0339. The smallest absolute Gasteiger partial charge is 0.242 e. The zero-order chi connectivity index (χ0) is 21.6. The van der Waals surface area contributed by atoms with Crippen LogP contribution in [-0.2, 0) is 16.1 Å². The van der Waals surface area contributed by atoms with Gasteiger partial charge in [-0.15, -0.1) is 0 Å². The van der Waals surface area contributed by atoms with Gasteiger partial charge < -0.3 is 5.32 Å². The molecule has 0 aromatic heterocycles. The highest BCUT2D eigenvalue weighted by Crippen LogP contribution is 2.33. The summed E-state index contributed by atoms with van der Waals surface area (Å²) < 4.78 is 13.2. The summed E-state index contributed by atoms with van der Waals surface area (Å²) in [6.07, 6.45) is 0.0339. The molecular weight excluding hydrogens is 413 g/mol. The van der Waals surface area contributed by atoms with Gasteiger partial charge >= 0.3 is 0 Å². The van der Waals surface area contributed by atoms with Crippen molar-refractivity contribution in [1.29, 1.82) is 0 Å². The van der Waals surface area contributed by atoms with Gasteiger partial charge in [0.2, 0.25) is 11.8 Å². The van der Waals surface area contributed by atoms with Crippen LogP contribution in [0, 0.1) is 5.82 Å². The van der Waals surface area contributed by atoms with Crippen molar-refractivity contribution >= 4 is 40.1 Å². The molecule has 0 spiro atoms. The van der Waals surface area contributed by atoms with Crippen LogP contribution in [0.5, 0.6) is 0 Å². The van der Waals surface area contributed by atoms with Crippen LogP contribution in [-0.4, -0.2) is 27.1 Å². The molecule has 0 bridgehead atoms. The van der Waals surface area contributed by atoms with Crippen LogP contribution in [0.4, 0.5) is 15.8 Å². The first kappa shape index (κ1) is 20.8. The van der Waals surface area contributed by atoms with Crippen LogP contribution in [0.3, 0.4) is 0 Å². The number of halogens is 1. The van der Waals surface area contributed by atoms with E-state index in [9.17, 15) is 14.0 Å². The molecule has 0 radical (unpaired) electrons. The van der Waals surface area contributed by atoms with E-state index in [0.717, 1.165) is 5.56 Å². The Morgan fingerprint density at radius 1 is 0.968 bits per heavy atom. The first-order chi connectivity index (χ1) is 15.1. The SMILES string of the molecule is O=C(CC1SC(=Nc2ccc(F)cc2)N(Cc2ccccc2)C1=O)Nc1ccccc1. The van der Waals surface area contributed by atoms with Crippen molar-refractivity contribution in [3.05, 3.63) is 96.3 Å². The van der Waals surface area contributed by atoms with E-state index < -0.39 is 5.25 Å². The zero-order valence-electron chi connectivity index (χ0n) is 16.6. The number of para-hydroxylation sites is 1. The van der Waals surface area contributed by atoms with E-state index in [0.29, 0.717) is 23.1 Å². The third-order valence-corrected chi connectivity index (χ3v) is 5.86. The molecule has 1 aliphatic rings. The number of carbonyl (C=O) groups is 2. The maximum atomic E-state index is 13.2. The Balaban J connectivity index is 1.54. The second kappa shape index (κ2) is 9.57. The van der Waals surface area contributed by atoms with E-state index in [-0.39, 0.29) is 24.1 Å². The standard InChI is InChI=1S/C24H20FN3O2S/c25-18-11-13-20(14-12-18)27-24-28(16-17-7-3-1-4-8-17)23(30)21(31-24)15-22(29)26-19-9-5-2-6-10-19/h1-14,21H,15-16H2,(H,26,29). The van der Waals surface area contributed by atoms with E-state index in [1.165, 1.54) is 23.9 Å². The van der Waals surface area contributed by atoms with Crippen LogP contribution >= 0.6 is 11.8 Å². The third-order valence-electron chi connectivity index (χ3n) is 4.68. The van der Waals surface area contributed by atoms with Gasteiger partial charge in [0.15, 0.2) is 5.17 Å². The van der Waals surface area contributed by atoms with Gasteiger partial charge in [-0.2, -0.15) is 0 Å². The van der Waals surface area contributed by atoms with Gasteiger partial charge in [0, 0.05) is 12.1 Å². The van der Waals surface area contributed by atoms with E-state index in [4.69, 9.17) is 0 Å². The topological polar surface area (TPSA) is 61.8 Å². The lowest BCUT2D eigenvalue weighted by Gasteiger charge is -2.16. The van der Waals surface area contributed by atoms with Crippen molar-refractivity contribution < 1.29 is 14.0 Å². The summed E-state index contributed by atoms with van der Waals surface area (Å²) in [7, 11) is 0. The summed E-state index contributed by atoms with van der Waals surface area (Å²) in [6.45, 7) is 0.351. The highest BCUT2D eigenvalue weighted by molar-refractivity contribution is 8.15. The lowest BCUT2D eigenvalue weighted by Crippen LogP contribution is -2.33. The van der Waals surface area contributed by atoms with Crippen LogP contribution in [0.25, 0.3) is 0 Å². The van der Waals surface area contributed by atoms with Crippen molar-refractivity contribution in [2.75, 3.05) is 5.32 Å². The highest BCUT2D eigenvalue weighted by Gasteiger charge is 2.39. The van der Waals surface area contributed by atoms with Crippen LogP contribution < -0.4 is 5.32 Å². The summed E-state index contributed by atoms with van der Waals surface area (Å²) >= 11 is 1.26. The second-order valence-electron chi connectivity index (χ2n) is 7.01. The van der Waals surface area contributed by atoms with Crippen LogP contribution in [0.1, 0.15) is 12.0 Å². The quantitative estimate of drug-likeness (QED) is 0.596. The molecule has 1 atom stereocenters. The molecule has 1 N–H and O–H groups in total. The summed E-state index contributed by atoms with van der Waals surface area (Å²) in [6, 6.07) is 24.5. The van der Waals surface area contributed by atoms with Crippen molar-refractivity contribution in [3.63, 3.8) is 0 Å². The molecule has 7 heteroatoms. The van der Waals surface area contributed by atoms with Crippen LogP contribution in [0.15, 0.2) is 89.9 Å². The number of nitrogens with one attached hydrogen (secondary N) is 1. The van der Waals surface area contributed by atoms with Crippen molar-refractivity contribution in [3.8, 4) is 0 Å². The molecule has 2 amide bonds. The van der Waals surface area contributed by atoms with E-state index >= 15 is 0 Å². The van der Waals surface area contributed by atoms with Crippen LogP contribution in [0.2, 0.25) is 0 Å². The Bertz CT molecular complexity index is 1090. The average Bonchev–Trinajstić information content (AvgIpc) is 3.05. The molecule has 1 unspecified atom stereocenters. The molecule has 4 rings (SSSR count). The summed E-state index contributed by atoms with van der Waals surface area (Å²) in [5, 5.41) is 2.74. The van der Waals surface area contributed by atoms with E-state index in [2.05, 4.69) is 10.3 Å². The summed E-state index contributed by atoms with van der Waals surface area (Å²) in [5.74, 6) is -0.756. The first-order valence-electron chi connectivity index (χ1n) is 9.79. The average molecular weight is 434 g/mol. The molecule has 1 saturated heterocycles. The fraction of sp³-hybridized carbons (Fsp3) is 0.125. The predicted octanol–water partition coefficient (Wildman–Crippen LogP) is 4.99. The molecule has 1 aliphatic heterocycles. The Morgan fingerprint density at radius 2 is 1.61 bits per heavy atom. The Labute approximate surface area is 184 Å². The van der Waals surface area contributed by atoms with Gasteiger partial charge in [0.25, 0.3) is 0 Å². The maximum Gasteiger partial charge on any atom is 0.242 e. The minimum atomic E-state index is -0.577. The number of hydrogen-bond donors (Lipinski definition) is 1. The Kier molecular flexibility index (Phi) is 6.43. The Hall–Kier alpha value is -3.45. The number of aliphatic imine (C=N–C) groups is 1. The van der Waals surface area contributed by atoms with Crippen molar-refractivity contribution in [1.82, 2.24) is 4.90 Å². The fourth-order valence-corrected chi connectivity index (χ4v) is 4.32. The predicted molar refractivity (Wildman–Crippen MR) is 122 cm³/mol. The number of amides is 2.